The van der Waals surface area contributed by atoms with E-state index in [9.17, 15) is 14.0 Å². The fourth-order valence-electron chi connectivity index (χ4n) is 3.51. The molecule has 2 aromatic carbocycles. The number of nitrogens with one attached hydrogen (secondary N) is 1. The number of aliphatic imine (C=N–C) groups is 1. The van der Waals surface area contributed by atoms with Crippen molar-refractivity contribution in [3.63, 3.8) is 0 Å². The highest BCUT2D eigenvalue weighted by atomic mass is 32.2. The molecule has 37 heavy (non-hydrogen) atoms. The van der Waals surface area contributed by atoms with Gasteiger partial charge < -0.3 is 9.47 Å². The number of carbonyl (C=O) groups excluding carboxylic acids is 2. The summed E-state index contributed by atoms with van der Waals surface area (Å²) in [6.07, 6.45) is 4.77. The molecule has 0 radical (unpaired) electrons. The highest BCUT2D eigenvalue weighted by Crippen LogP contribution is 2.33. The minimum atomic E-state index is -0.870. The number of esters is 1. The summed E-state index contributed by atoms with van der Waals surface area (Å²) >= 11 is 1.18. The predicted octanol–water partition coefficient (Wildman–Crippen LogP) is 4.51. The van der Waals surface area contributed by atoms with Crippen molar-refractivity contribution in [3.05, 3.63) is 95.1 Å². The average Bonchev–Trinajstić information content (AvgIpc) is 3.33. The van der Waals surface area contributed by atoms with Crippen LogP contribution in [0, 0.1) is 11.2 Å². The first-order valence-corrected chi connectivity index (χ1v) is 11.9. The molecular weight excluding hydrogens is 497 g/mol. The third-order valence-corrected chi connectivity index (χ3v) is 6.20. The molecule has 0 bridgehead atoms. The van der Waals surface area contributed by atoms with Crippen molar-refractivity contribution in [2.24, 2.45) is 10.1 Å². The molecule has 0 atom stereocenters. The van der Waals surface area contributed by atoms with Crippen LogP contribution in [0.4, 0.5) is 4.39 Å². The van der Waals surface area contributed by atoms with Crippen molar-refractivity contribution < 1.29 is 23.5 Å². The molecule has 0 saturated heterocycles. The van der Waals surface area contributed by atoms with E-state index in [2.05, 4.69) is 15.1 Å². The van der Waals surface area contributed by atoms with Crippen molar-refractivity contribution in [1.29, 1.82) is 5.41 Å². The predicted molar refractivity (Wildman–Crippen MR) is 137 cm³/mol. The number of halogens is 1. The Morgan fingerprint density at radius 2 is 2.00 bits per heavy atom. The van der Waals surface area contributed by atoms with Gasteiger partial charge in [0.15, 0.2) is 17.3 Å². The van der Waals surface area contributed by atoms with Gasteiger partial charge in [-0.2, -0.15) is 15.1 Å². The number of hydrazone groups is 1. The number of benzene rings is 2. The van der Waals surface area contributed by atoms with Gasteiger partial charge in [-0.05, 0) is 66.7 Å². The van der Waals surface area contributed by atoms with Crippen molar-refractivity contribution >= 4 is 45.8 Å². The molecule has 2 aliphatic heterocycles. The molecule has 184 valence electrons. The molecule has 5 rings (SSSR count). The van der Waals surface area contributed by atoms with E-state index in [1.807, 2.05) is 6.07 Å². The molecule has 9 nitrogen and oxygen atoms in total. The van der Waals surface area contributed by atoms with Crippen molar-refractivity contribution in [1.82, 2.24) is 9.99 Å². The fourth-order valence-corrected chi connectivity index (χ4v) is 4.39. The molecule has 0 aliphatic carbocycles. The van der Waals surface area contributed by atoms with Crippen LogP contribution in [-0.4, -0.2) is 44.5 Å². The third-order valence-electron chi connectivity index (χ3n) is 5.24. The number of thioether (sulfide) groups is 1. The quantitative estimate of drug-likeness (QED) is 0.292. The smallest absolute Gasteiger partial charge is 0.346 e. The number of pyridine rings is 1. The van der Waals surface area contributed by atoms with Crippen LogP contribution in [0.3, 0.4) is 0 Å². The Labute approximate surface area is 214 Å². The summed E-state index contributed by atoms with van der Waals surface area (Å²) in [5.41, 5.74) is 1.07. The second kappa shape index (κ2) is 10.2. The molecule has 0 unspecified atom stereocenters. The van der Waals surface area contributed by atoms with E-state index in [1.165, 1.54) is 53.2 Å². The van der Waals surface area contributed by atoms with E-state index >= 15 is 0 Å². The largest absolute Gasteiger partial charge is 0.490 e. The van der Waals surface area contributed by atoms with Crippen molar-refractivity contribution in [2.45, 2.75) is 6.92 Å². The average molecular weight is 516 g/mol. The SMILES string of the molecule is CCOc1cc(C=C2C(=N)N3N=C(c4cccnc4)SC3=NC2=O)ccc1OC(=O)c1ccccc1F. The Kier molecular flexibility index (Phi) is 6.60. The maximum atomic E-state index is 14.0. The number of aromatic nitrogens is 1. The maximum absolute atomic E-state index is 14.0. The molecule has 1 aromatic heterocycles. The highest BCUT2D eigenvalue weighted by molar-refractivity contribution is 8.27. The zero-order valence-corrected chi connectivity index (χ0v) is 20.2. The second-order valence-electron chi connectivity index (χ2n) is 7.68. The van der Waals surface area contributed by atoms with Gasteiger partial charge in [0.1, 0.15) is 10.9 Å². The lowest BCUT2D eigenvalue weighted by molar-refractivity contribution is -0.114. The number of amidine groups is 2. The van der Waals surface area contributed by atoms with E-state index in [0.29, 0.717) is 10.6 Å². The summed E-state index contributed by atoms with van der Waals surface area (Å²) in [6.45, 7) is 2.02. The van der Waals surface area contributed by atoms with E-state index in [-0.39, 0.29) is 40.2 Å². The lowest BCUT2D eigenvalue weighted by Crippen LogP contribution is -2.35. The van der Waals surface area contributed by atoms with Gasteiger partial charge in [-0.3, -0.25) is 15.2 Å². The molecule has 11 heteroatoms. The Bertz CT molecular complexity index is 1520. The van der Waals surface area contributed by atoms with Gasteiger partial charge in [0.05, 0.1) is 17.7 Å². The molecular formula is C26H18FN5O4S. The summed E-state index contributed by atoms with van der Waals surface area (Å²) in [5.74, 6) is -1.98. The molecule has 0 spiro atoms. The Balaban J connectivity index is 1.42. The van der Waals surface area contributed by atoms with Gasteiger partial charge >= 0.3 is 5.97 Å². The number of carbonyl (C=O) groups is 2. The molecule has 1 amide bonds. The number of hydrogen-bond donors (Lipinski definition) is 1. The first-order chi connectivity index (χ1) is 17.9. The minimum Gasteiger partial charge on any atom is -0.490 e. The van der Waals surface area contributed by atoms with Crippen LogP contribution in [0.1, 0.15) is 28.4 Å². The van der Waals surface area contributed by atoms with E-state index < -0.39 is 17.7 Å². The number of fused-ring (bicyclic) bond motifs is 1. The molecule has 3 heterocycles. The molecule has 0 saturated carbocycles. The van der Waals surface area contributed by atoms with Crippen LogP contribution in [0.2, 0.25) is 0 Å². The maximum Gasteiger partial charge on any atom is 0.346 e. The summed E-state index contributed by atoms with van der Waals surface area (Å²) in [5, 5.41) is 15.2. The molecule has 0 fully saturated rings. The standard InChI is InChI=1S/C26H18FN5O4S/c1-2-35-21-13-15(9-10-20(21)36-25(34)17-7-3-4-8-19(17)27)12-18-22(28)32-26(30-23(18)33)37-24(31-32)16-6-5-11-29-14-16/h3-14,28H,2H2,1H3. The summed E-state index contributed by atoms with van der Waals surface area (Å²) < 4.78 is 25.0. The second-order valence-corrected chi connectivity index (χ2v) is 8.63. The zero-order chi connectivity index (χ0) is 25.9. The normalized spacial score (nSPS) is 15.8. The summed E-state index contributed by atoms with van der Waals surface area (Å²) in [4.78, 5) is 33.4. The van der Waals surface area contributed by atoms with Gasteiger partial charge in [0.25, 0.3) is 5.91 Å². The van der Waals surface area contributed by atoms with Gasteiger partial charge in [-0.1, -0.05) is 18.2 Å². The monoisotopic (exact) mass is 515 g/mol. The Morgan fingerprint density at radius 1 is 1.16 bits per heavy atom. The molecule has 3 aromatic rings. The highest BCUT2D eigenvalue weighted by Gasteiger charge is 2.36. The zero-order valence-electron chi connectivity index (χ0n) is 19.3. The summed E-state index contributed by atoms with van der Waals surface area (Å²) in [6, 6.07) is 13.7. The van der Waals surface area contributed by atoms with Crippen LogP contribution in [-0.2, 0) is 4.79 Å². The molecule has 1 N–H and O–H groups in total. The number of nitrogens with zero attached hydrogens (tertiary/aromatic N) is 4. The third kappa shape index (κ3) is 4.89. The van der Waals surface area contributed by atoms with E-state index in [1.54, 1.807) is 37.5 Å². The number of amides is 1. The summed E-state index contributed by atoms with van der Waals surface area (Å²) in [7, 11) is 0. The van der Waals surface area contributed by atoms with Crippen molar-refractivity contribution in [3.8, 4) is 11.5 Å². The van der Waals surface area contributed by atoms with Crippen LogP contribution >= 0.6 is 11.8 Å². The first-order valence-electron chi connectivity index (χ1n) is 11.1. The van der Waals surface area contributed by atoms with E-state index in [0.717, 1.165) is 5.56 Å². The lowest BCUT2D eigenvalue weighted by atomic mass is 10.1. The van der Waals surface area contributed by atoms with Crippen LogP contribution in [0.25, 0.3) is 6.08 Å². The molecule has 2 aliphatic rings. The van der Waals surface area contributed by atoms with Crippen LogP contribution in [0.5, 0.6) is 11.5 Å². The Morgan fingerprint density at radius 3 is 2.76 bits per heavy atom. The van der Waals surface area contributed by atoms with Crippen LogP contribution in [0.15, 0.2) is 82.7 Å². The minimum absolute atomic E-state index is 0.0269. The van der Waals surface area contributed by atoms with Gasteiger partial charge in [0.2, 0.25) is 5.17 Å². The van der Waals surface area contributed by atoms with Gasteiger partial charge in [-0.25, -0.2) is 9.18 Å². The van der Waals surface area contributed by atoms with E-state index in [4.69, 9.17) is 14.9 Å². The lowest BCUT2D eigenvalue weighted by Gasteiger charge is -2.20. The Hall–Kier alpha value is -4.64. The van der Waals surface area contributed by atoms with Crippen molar-refractivity contribution in [2.75, 3.05) is 6.61 Å². The number of ether oxygens (including phenoxy) is 2. The fraction of sp³-hybridized carbons (Fsp3) is 0.0769. The van der Waals surface area contributed by atoms with Gasteiger partial charge in [-0.15, -0.1) is 0 Å². The number of hydrogen-bond acceptors (Lipinski definition) is 8. The van der Waals surface area contributed by atoms with Gasteiger partial charge in [0, 0.05) is 18.0 Å². The topological polar surface area (TPSA) is 117 Å². The number of rotatable bonds is 6. The van der Waals surface area contributed by atoms with Crippen LogP contribution < -0.4 is 9.47 Å². The first kappa shape index (κ1) is 24.1.